The van der Waals surface area contributed by atoms with Crippen LogP contribution in [0.25, 0.3) is 0 Å². The molecule has 1 aliphatic rings. The predicted molar refractivity (Wildman–Crippen MR) is 85.7 cm³/mol. The lowest BCUT2D eigenvalue weighted by Crippen LogP contribution is -3.00. The van der Waals surface area contributed by atoms with E-state index >= 15 is 0 Å². The van der Waals surface area contributed by atoms with Crippen LogP contribution >= 0.6 is 11.3 Å². The number of rotatable bonds is 5. The molecule has 0 aliphatic carbocycles. The molecule has 1 aromatic carbocycles. The van der Waals surface area contributed by atoms with Gasteiger partial charge in [0.2, 0.25) is 17.8 Å². The predicted octanol–water partition coefficient (Wildman–Crippen LogP) is -0.978. The van der Waals surface area contributed by atoms with E-state index in [-0.39, 0.29) is 35.9 Å². The first-order valence-electron chi connectivity index (χ1n) is 7.72. The number of carbonyl (C=O) groups excluding carboxylic acids is 1. The minimum absolute atomic E-state index is 0. The second kappa shape index (κ2) is 8.71. The summed E-state index contributed by atoms with van der Waals surface area (Å²) in [6, 6.07) is 5.56. The molecular weight excluding hydrogens is 394 g/mol. The quantitative estimate of drug-likeness (QED) is 0.389. The molecule has 0 amide bonds. The fourth-order valence-corrected chi connectivity index (χ4v) is 3.62. The summed E-state index contributed by atoms with van der Waals surface area (Å²) >= 11 is 1.57. The molecule has 2 heterocycles. The number of halogens is 1. The van der Waals surface area contributed by atoms with E-state index < -0.39 is 0 Å². The van der Waals surface area contributed by atoms with Gasteiger partial charge in [-0.2, -0.15) is 9.45 Å². The summed E-state index contributed by atoms with van der Waals surface area (Å²) in [6.45, 7) is 2.95. The number of hydrogen-bond acceptors (Lipinski definition) is 5. The minimum Gasteiger partial charge on any atom is -1.00 e. The number of Topliss-reactive ketones (excluding diaryl/α,β-unsaturated/α-hetero) is 1. The molecule has 5 nitrogen and oxygen atoms in total. The number of hydrogen-bond donors (Lipinski definition) is 1. The van der Waals surface area contributed by atoms with Crippen LogP contribution in [0, 0.1) is 6.92 Å². The lowest BCUT2D eigenvalue weighted by atomic mass is 10.0. The number of carbonyl (C=O) groups is 1. The number of fused-ring (bicyclic) bond motifs is 1. The van der Waals surface area contributed by atoms with Crippen LogP contribution in [0.4, 0.5) is 0 Å². The van der Waals surface area contributed by atoms with Crippen LogP contribution in [0.15, 0.2) is 23.7 Å². The van der Waals surface area contributed by atoms with Gasteiger partial charge in [0.1, 0.15) is 0 Å². The molecule has 0 atom stereocenters. The van der Waals surface area contributed by atoms with E-state index in [1.54, 1.807) is 17.4 Å². The van der Waals surface area contributed by atoms with Gasteiger partial charge in [-0.05, 0) is 24.5 Å². The summed E-state index contributed by atoms with van der Waals surface area (Å²) in [4.78, 5) is 24.0. The fourth-order valence-electron chi connectivity index (χ4n) is 2.63. The molecule has 0 radical (unpaired) electrons. The molecule has 1 aliphatic heterocycles. The van der Waals surface area contributed by atoms with Crippen LogP contribution in [-0.4, -0.2) is 24.1 Å². The first kappa shape index (κ1) is 19.1. The van der Waals surface area contributed by atoms with Crippen LogP contribution in [-0.2, 0) is 24.3 Å². The molecule has 0 unspecified atom stereocenters. The lowest BCUT2D eigenvalue weighted by molar-refractivity contribution is -0.684. The first-order chi connectivity index (χ1) is 11.2. The Kier molecular flexibility index (Phi) is 6.91. The van der Waals surface area contributed by atoms with E-state index in [0.29, 0.717) is 24.3 Å². The number of aryl methyl sites for hydroxylation is 1. The van der Waals surface area contributed by atoms with Gasteiger partial charge in [-0.3, -0.25) is 4.79 Å². The van der Waals surface area contributed by atoms with Gasteiger partial charge in [-0.1, -0.05) is 23.5 Å². The molecule has 0 fully saturated rings. The fraction of sp³-hybridized carbons (Fsp3) is 0.412. The molecular formula is C17H20BrNO4S. The summed E-state index contributed by atoms with van der Waals surface area (Å²) in [7, 11) is 0. The van der Waals surface area contributed by atoms with E-state index in [4.69, 9.17) is 14.9 Å². The number of aliphatic hydroxyl groups excluding tert-OH is 1. The number of aliphatic hydroxyl groups is 1. The Morgan fingerprint density at radius 1 is 1.42 bits per heavy atom. The van der Waals surface area contributed by atoms with E-state index in [2.05, 4.69) is 0 Å². The molecule has 7 heteroatoms. The summed E-state index contributed by atoms with van der Waals surface area (Å²) in [5.74, 6) is 0.670. The van der Waals surface area contributed by atoms with Crippen molar-refractivity contribution in [1.29, 1.82) is 0 Å². The maximum atomic E-state index is 12.5. The maximum Gasteiger partial charge on any atom is 0.227 e. The third-order valence-electron chi connectivity index (χ3n) is 4.02. The number of thiazole rings is 1. The van der Waals surface area contributed by atoms with Crippen molar-refractivity contribution in [3.8, 4) is 5.75 Å². The Morgan fingerprint density at radius 3 is 3.04 bits per heavy atom. The van der Waals surface area contributed by atoms with Crippen LogP contribution < -0.4 is 26.4 Å². The highest BCUT2D eigenvalue weighted by Crippen LogP contribution is 2.25. The van der Waals surface area contributed by atoms with Gasteiger partial charge >= 0.3 is 0 Å². The molecule has 0 bridgehead atoms. The molecule has 2 aromatic rings. The van der Waals surface area contributed by atoms with Gasteiger partial charge in [0.15, 0.2) is 11.4 Å². The van der Waals surface area contributed by atoms with Crippen molar-refractivity contribution in [2.75, 3.05) is 13.2 Å². The number of benzene rings is 1. The second-order valence-corrected chi connectivity index (χ2v) is 6.53. The Hall–Kier alpha value is -1.28. The van der Waals surface area contributed by atoms with Crippen molar-refractivity contribution in [3.63, 3.8) is 0 Å². The van der Waals surface area contributed by atoms with Crippen LogP contribution in [0.2, 0.25) is 0 Å². The topological polar surface area (TPSA) is 59.6 Å². The van der Waals surface area contributed by atoms with Gasteiger partial charge in [0.25, 0.3) is 0 Å². The smallest absolute Gasteiger partial charge is 0.227 e. The van der Waals surface area contributed by atoms with E-state index in [9.17, 15) is 4.79 Å². The molecule has 3 rings (SSSR count). The van der Waals surface area contributed by atoms with Crippen LogP contribution in [0.3, 0.4) is 0 Å². The monoisotopic (exact) mass is 413 g/mol. The Labute approximate surface area is 155 Å². The zero-order chi connectivity index (χ0) is 16.2. The van der Waals surface area contributed by atoms with Crippen molar-refractivity contribution in [2.24, 2.45) is 0 Å². The average molecular weight is 414 g/mol. The molecule has 0 saturated carbocycles. The molecule has 24 heavy (non-hydrogen) atoms. The highest BCUT2D eigenvalue weighted by Gasteiger charge is 2.21. The van der Waals surface area contributed by atoms with Gasteiger partial charge in [0.05, 0.1) is 11.5 Å². The molecule has 130 valence electrons. The standard InChI is InChI=1S/C17H20NO4S.BrH/c1-12-17(6-7-19)23-11-18(12)10-15(20)14-5-4-13-3-2-8-21-22-16(13)9-14;/h4-5,9,11,19H,2-3,6-8,10H2,1H3;1H/q+1;/p-1. The molecule has 1 aromatic heterocycles. The Balaban J connectivity index is 0.00000208. The van der Waals surface area contributed by atoms with Gasteiger partial charge in [0, 0.05) is 25.5 Å². The van der Waals surface area contributed by atoms with Crippen molar-refractivity contribution in [1.82, 2.24) is 0 Å². The summed E-state index contributed by atoms with van der Waals surface area (Å²) in [5, 5.41) is 9.05. The summed E-state index contributed by atoms with van der Waals surface area (Å²) in [5.41, 5.74) is 4.66. The number of ketones is 1. The van der Waals surface area contributed by atoms with Crippen molar-refractivity contribution >= 4 is 17.1 Å². The van der Waals surface area contributed by atoms with Crippen LogP contribution in [0.5, 0.6) is 5.75 Å². The first-order valence-corrected chi connectivity index (χ1v) is 8.60. The zero-order valence-corrected chi connectivity index (χ0v) is 15.9. The second-order valence-electron chi connectivity index (χ2n) is 5.59. The average Bonchev–Trinajstić information content (AvgIpc) is 2.78. The Bertz CT molecular complexity index is 717. The van der Waals surface area contributed by atoms with E-state index in [0.717, 1.165) is 29.0 Å². The van der Waals surface area contributed by atoms with Crippen LogP contribution in [0.1, 0.15) is 32.9 Å². The summed E-state index contributed by atoms with van der Waals surface area (Å²) < 4.78 is 1.93. The maximum absolute atomic E-state index is 12.5. The summed E-state index contributed by atoms with van der Waals surface area (Å²) in [6.07, 6.45) is 2.44. The molecule has 0 spiro atoms. The molecule has 1 N–H and O–H groups in total. The third kappa shape index (κ3) is 4.22. The highest BCUT2D eigenvalue weighted by molar-refractivity contribution is 7.09. The highest BCUT2D eigenvalue weighted by atomic mass is 79.9. The molecule has 0 saturated heterocycles. The number of aromatic nitrogens is 1. The van der Waals surface area contributed by atoms with Crippen molar-refractivity contribution in [2.45, 2.75) is 32.7 Å². The largest absolute Gasteiger partial charge is 1.00 e. The zero-order valence-electron chi connectivity index (χ0n) is 13.5. The minimum atomic E-state index is 0. The third-order valence-corrected chi connectivity index (χ3v) is 5.16. The lowest BCUT2D eigenvalue weighted by Gasteiger charge is -2.06. The SMILES string of the molecule is Cc1c(CCO)sc[n+]1CC(=O)c1ccc2c(c1)OOCCC2.[Br-]. The van der Waals surface area contributed by atoms with Crippen molar-refractivity contribution in [3.05, 3.63) is 45.4 Å². The van der Waals surface area contributed by atoms with E-state index in [1.807, 2.05) is 29.1 Å². The van der Waals surface area contributed by atoms with Gasteiger partial charge in [-0.25, -0.2) is 0 Å². The van der Waals surface area contributed by atoms with Gasteiger partial charge < -0.3 is 27.0 Å². The van der Waals surface area contributed by atoms with Crippen molar-refractivity contribution < 1.29 is 41.2 Å². The van der Waals surface area contributed by atoms with E-state index in [1.165, 1.54) is 0 Å². The Morgan fingerprint density at radius 2 is 2.25 bits per heavy atom. The normalized spacial score (nSPS) is 13.4. The van der Waals surface area contributed by atoms with Gasteiger partial charge in [-0.15, -0.1) is 0 Å². The number of nitrogens with zero attached hydrogens (tertiary/aromatic N) is 1.